The molecule has 0 saturated heterocycles. The van der Waals surface area contributed by atoms with E-state index in [0.717, 1.165) is 33.3 Å². The number of amides is 2. The molecule has 31 heavy (non-hydrogen) atoms. The number of aryl methyl sites for hydroxylation is 1. The van der Waals surface area contributed by atoms with Gasteiger partial charge in [-0.3, -0.25) is 4.68 Å². The van der Waals surface area contributed by atoms with Crippen LogP contribution in [-0.2, 0) is 7.05 Å². The molecular weight excluding hydrogens is 390 g/mol. The molecule has 2 heterocycles. The highest BCUT2D eigenvalue weighted by Gasteiger charge is 2.14. The standard InChI is InChI=1S/C24H25N5O2/c1-3-20(30)14-25-24(31)27-19-9-10-22-17(11-19)12-21(16-7-5-4-6-8-16)23(28-22)18-13-26-29(2)15-18/h4-13,15,20,30H,3,14H2,1-2H3,(H2,25,27,31). The van der Waals surface area contributed by atoms with Gasteiger partial charge in [0.25, 0.3) is 0 Å². The molecule has 1 unspecified atom stereocenters. The Bertz CT molecular complexity index is 1200. The number of nitrogens with zero attached hydrogens (tertiary/aromatic N) is 3. The molecule has 4 aromatic rings. The van der Waals surface area contributed by atoms with E-state index in [4.69, 9.17) is 4.98 Å². The quantitative estimate of drug-likeness (QED) is 0.440. The maximum absolute atomic E-state index is 12.1. The van der Waals surface area contributed by atoms with Crippen molar-refractivity contribution in [2.45, 2.75) is 19.4 Å². The monoisotopic (exact) mass is 415 g/mol. The van der Waals surface area contributed by atoms with Crippen LogP contribution in [0.5, 0.6) is 0 Å². The van der Waals surface area contributed by atoms with Crippen molar-refractivity contribution in [3.05, 3.63) is 67.0 Å². The van der Waals surface area contributed by atoms with E-state index in [1.165, 1.54) is 0 Å². The average molecular weight is 415 g/mol. The minimum absolute atomic E-state index is 0.212. The summed E-state index contributed by atoms with van der Waals surface area (Å²) in [5.74, 6) is 0. The summed E-state index contributed by atoms with van der Waals surface area (Å²) in [6.45, 7) is 2.08. The lowest BCUT2D eigenvalue weighted by molar-refractivity contribution is 0.168. The van der Waals surface area contributed by atoms with Gasteiger partial charge in [-0.25, -0.2) is 9.78 Å². The average Bonchev–Trinajstić information content (AvgIpc) is 3.23. The van der Waals surface area contributed by atoms with E-state index in [1.54, 1.807) is 4.68 Å². The van der Waals surface area contributed by atoms with Crippen LogP contribution >= 0.6 is 0 Å². The summed E-state index contributed by atoms with van der Waals surface area (Å²) in [5.41, 5.74) is 5.34. The summed E-state index contributed by atoms with van der Waals surface area (Å²) in [6, 6.07) is 17.4. The van der Waals surface area contributed by atoms with Crippen molar-refractivity contribution >= 4 is 22.6 Å². The van der Waals surface area contributed by atoms with E-state index in [2.05, 4.69) is 33.9 Å². The molecule has 0 aliphatic heterocycles. The minimum Gasteiger partial charge on any atom is -0.391 e. The van der Waals surface area contributed by atoms with Crippen LogP contribution in [0.3, 0.4) is 0 Å². The van der Waals surface area contributed by atoms with Gasteiger partial charge in [0.05, 0.1) is 23.5 Å². The molecule has 158 valence electrons. The van der Waals surface area contributed by atoms with E-state index >= 15 is 0 Å². The molecule has 7 nitrogen and oxygen atoms in total. The second-order valence-electron chi connectivity index (χ2n) is 7.46. The highest BCUT2D eigenvalue weighted by Crippen LogP contribution is 2.33. The van der Waals surface area contributed by atoms with Gasteiger partial charge in [0, 0.05) is 42.0 Å². The number of rotatable bonds is 6. The molecule has 3 N–H and O–H groups in total. The van der Waals surface area contributed by atoms with Crippen molar-refractivity contribution in [2.24, 2.45) is 7.05 Å². The number of hydrogen-bond acceptors (Lipinski definition) is 4. The van der Waals surface area contributed by atoms with Crippen molar-refractivity contribution in [3.8, 4) is 22.4 Å². The van der Waals surface area contributed by atoms with Gasteiger partial charge in [0.15, 0.2) is 0 Å². The lowest BCUT2D eigenvalue weighted by atomic mass is 9.99. The molecule has 0 radical (unpaired) electrons. The van der Waals surface area contributed by atoms with Gasteiger partial charge < -0.3 is 15.7 Å². The van der Waals surface area contributed by atoms with E-state index in [-0.39, 0.29) is 12.6 Å². The van der Waals surface area contributed by atoms with Crippen LogP contribution in [0.1, 0.15) is 13.3 Å². The number of nitrogens with one attached hydrogen (secondary N) is 2. The Morgan fingerprint density at radius 3 is 2.65 bits per heavy atom. The first-order chi connectivity index (χ1) is 15.0. The zero-order chi connectivity index (χ0) is 21.8. The number of benzene rings is 2. The molecule has 2 amide bonds. The summed E-state index contributed by atoms with van der Waals surface area (Å²) < 4.78 is 1.76. The van der Waals surface area contributed by atoms with E-state index in [1.807, 2.05) is 62.8 Å². The fourth-order valence-electron chi connectivity index (χ4n) is 3.39. The zero-order valence-electron chi connectivity index (χ0n) is 17.5. The number of carbonyl (C=O) groups is 1. The van der Waals surface area contributed by atoms with Crippen molar-refractivity contribution in [1.29, 1.82) is 0 Å². The van der Waals surface area contributed by atoms with Gasteiger partial charge in [0.1, 0.15) is 0 Å². The molecule has 0 fully saturated rings. The van der Waals surface area contributed by atoms with Gasteiger partial charge in [-0.2, -0.15) is 5.10 Å². The van der Waals surface area contributed by atoms with E-state index in [9.17, 15) is 9.90 Å². The second kappa shape index (κ2) is 8.97. The lowest BCUT2D eigenvalue weighted by Crippen LogP contribution is -2.34. The van der Waals surface area contributed by atoms with E-state index in [0.29, 0.717) is 12.1 Å². The number of hydrogen-bond donors (Lipinski definition) is 3. The number of aliphatic hydroxyl groups excluding tert-OH is 1. The summed E-state index contributed by atoms with van der Waals surface area (Å²) >= 11 is 0. The third-order valence-electron chi connectivity index (χ3n) is 5.11. The van der Waals surface area contributed by atoms with Crippen LogP contribution in [-0.4, -0.2) is 38.6 Å². The molecule has 0 bridgehead atoms. The maximum Gasteiger partial charge on any atom is 0.319 e. The SMILES string of the molecule is CCC(O)CNC(=O)Nc1ccc2nc(-c3cnn(C)c3)c(-c3ccccc3)cc2c1. The predicted molar refractivity (Wildman–Crippen MR) is 123 cm³/mol. The number of anilines is 1. The van der Waals surface area contributed by atoms with Gasteiger partial charge in [0.2, 0.25) is 0 Å². The normalized spacial score (nSPS) is 12.0. The van der Waals surface area contributed by atoms with Crippen LogP contribution in [0.15, 0.2) is 67.0 Å². The third-order valence-corrected chi connectivity index (χ3v) is 5.11. The Balaban J connectivity index is 1.70. The minimum atomic E-state index is -0.550. The maximum atomic E-state index is 12.1. The molecule has 4 rings (SSSR count). The molecule has 0 spiro atoms. The predicted octanol–water partition coefficient (Wildman–Crippen LogP) is 4.19. The Labute approximate surface area is 180 Å². The molecule has 0 saturated carbocycles. The molecular formula is C24H25N5O2. The topological polar surface area (TPSA) is 92.1 Å². The Morgan fingerprint density at radius 1 is 1.13 bits per heavy atom. The number of urea groups is 1. The van der Waals surface area contributed by atoms with Crippen molar-refractivity contribution in [1.82, 2.24) is 20.1 Å². The second-order valence-corrected chi connectivity index (χ2v) is 7.46. The van der Waals surface area contributed by atoms with E-state index < -0.39 is 6.10 Å². The lowest BCUT2D eigenvalue weighted by Gasteiger charge is -2.13. The number of carbonyl (C=O) groups excluding carboxylic acids is 1. The largest absolute Gasteiger partial charge is 0.391 e. The Hall–Kier alpha value is -3.71. The van der Waals surface area contributed by atoms with Gasteiger partial charge in [-0.15, -0.1) is 0 Å². The van der Waals surface area contributed by atoms with Crippen LogP contribution < -0.4 is 10.6 Å². The number of aliphatic hydroxyl groups is 1. The molecule has 2 aromatic carbocycles. The summed E-state index contributed by atoms with van der Waals surface area (Å²) in [5, 5.41) is 20.3. The Morgan fingerprint density at radius 2 is 1.94 bits per heavy atom. The fourth-order valence-corrected chi connectivity index (χ4v) is 3.39. The first-order valence-electron chi connectivity index (χ1n) is 10.3. The first kappa shape index (κ1) is 20.6. The third kappa shape index (κ3) is 4.73. The van der Waals surface area contributed by atoms with Crippen LogP contribution in [0.25, 0.3) is 33.3 Å². The zero-order valence-corrected chi connectivity index (χ0v) is 17.5. The number of fused-ring (bicyclic) bond motifs is 1. The van der Waals surface area contributed by atoms with Gasteiger partial charge >= 0.3 is 6.03 Å². The van der Waals surface area contributed by atoms with Crippen LogP contribution in [0.4, 0.5) is 10.5 Å². The smallest absolute Gasteiger partial charge is 0.319 e. The Kier molecular flexibility index (Phi) is 5.95. The molecule has 0 aliphatic carbocycles. The number of pyridine rings is 1. The molecule has 1 atom stereocenters. The molecule has 0 aliphatic rings. The van der Waals surface area contributed by atoms with Gasteiger partial charge in [-0.1, -0.05) is 37.3 Å². The highest BCUT2D eigenvalue weighted by molar-refractivity contribution is 5.96. The van der Waals surface area contributed by atoms with Gasteiger partial charge in [-0.05, 0) is 36.2 Å². The van der Waals surface area contributed by atoms with Crippen LogP contribution in [0, 0.1) is 0 Å². The van der Waals surface area contributed by atoms with Crippen molar-refractivity contribution < 1.29 is 9.90 Å². The number of aromatic nitrogens is 3. The van der Waals surface area contributed by atoms with Crippen LogP contribution in [0.2, 0.25) is 0 Å². The molecule has 7 heteroatoms. The summed E-state index contributed by atoms with van der Waals surface area (Å²) in [4.78, 5) is 17.1. The molecule has 2 aromatic heterocycles. The van der Waals surface area contributed by atoms with Crippen molar-refractivity contribution in [3.63, 3.8) is 0 Å². The first-order valence-corrected chi connectivity index (χ1v) is 10.3. The summed E-state index contributed by atoms with van der Waals surface area (Å²) in [7, 11) is 1.88. The fraction of sp³-hybridized carbons (Fsp3) is 0.208. The highest BCUT2D eigenvalue weighted by atomic mass is 16.3. The summed E-state index contributed by atoms with van der Waals surface area (Å²) in [6.07, 6.45) is 3.80. The van der Waals surface area contributed by atoms with Crippen molar-refractivity contribution in [2.75, 3.05) is 11.9 Å².